The summed E-state index contributed by atoms with van der Waals surface area (Å²) in [6, 6.07) is 0. The highest BCUT2D eigenvalue weighted by Crippen LogP contribution is 2.10. The average molecular weight is 342 g/mol. The van der Waals surface area contributed by atoms with Gasteiger partial charge in [-0.2, -0.15) is 0 Å². The van der Waals surface area contributed by atoms with Crippen molar-refractivity contribution < 1.29 is 15.0 Å². The van der Waals surface area contributed by atoms with Crippen LogP contribution in [0.25, 0.3) is 0 Å². The lowest BCUT2D eigenvalue weighted by Gasteiger charge is -2.16. The van der Waals surface area contributed by atoms with E-state index < -0.39 is 13.5 Å². The number of unbranched alkanes of at least 4 members (excludes halogenated alkanes) is 11. The maximum absolute atomic E-state index is 11.5. The summed E-state index contributed by atoms with van der Waals surface area (Å²) in [4.78, 5) is 12.6. The van der Waals surface area contributed by atoms with Gasteiger partial charge in [-0.1, -0.05) is 70.4 Å². The summed E-state index contributed by atoms with van der Waals surface area (Å²) in [5.41, 5.74) is 0. The third-order valence-corrected chi connectivity index (χ3v) is 4.35. The Bertz CT molecular complexity index is 301. The van der Waals surface area contributed by atoms with Crippen LogP contribution in [0.1, 0.15) is 96.8 Å². The third-order valence-electron chi connectivity index (χ3n) is 4.35. The molecule has 0 saturated heterocycles. The second-order valence-corrected chi connectivity index (χ2v) is 6.55. The van der Waals surface area contributed by atoms with E-state index in [1.807, 2.05) is 0 Å². The average Bonchev–Trinajstić information content (AvgIpc) is 2.59. The van der Waals surface area contributed by atoms with Crippen LogP contribution >= 0.6 is 0 Å². The van der Waals surface area contributed by atoms with E-state index >= 15 is 0 Å². The van der Waals surface area contributed by atoms with Crippen LogP contribution in [0.3, 0.4) is 0 Å². The minimum absolute atomic E-state index is 0.169. The maximum atomic E-state index is 11.5. The predicted molar refractivity (Wildman–Crippen MR) is 100 cm³/mol. The second kappa shape index (κ2) is 18.5. The van der Waals surface area contributed by atoms with Crippen molar-refractivity contribution in [2.24, 2.45) is 0 Å². The van der Waals surface area contributed by atoms with Gasteiger partial charge in [0.05, 0.1) is 0 Å². The number of carbonyl (C=O) groups is 1. The van der Waals surface area contributed by atoms with Crippen molar-refractivity contribution in [3.05, 3.63) is 12.2 Å². The summed E-state index contributed by atoms with van der Waals surface area (Å²) in [5.74, 6) is -0.169. The summed E-state index contributed by atoms with van der Waals surface area (Å²) >= 11 is 0. The quantitative estimate of drug-likeness (QED) is 0.228. The van der Waals surface area contributed by atoms with Gasteiger partial charge in [0.15, 0.2) is 0 Å². The standard InChI is InChI=1S/C20H39NO3/c1-2-3-4-5-6-7-8-9-10-11-12-13-14-15-16-17-20(24)21(18-22)19-23/h9-10,22-23H,2-8,11-19H2,1H3. The van der Waals surface area contributed by atoms with E-state index in [1.54, 1.807) is 0 Å². The number of amides is 1. The molecule has 2 N–H and O–H groups in total. The molecule has 0 heterocycles. The largest absolute Gasteiger partial charge is 0.376 e. The zero-order valence-electron chi connectivity index (χ0n) is 15.7. The van der Waals surface area contributed by atoms with Crippen LogP contribution in [0.15, 0.2) is 12.2 Å². The van der Waals surface area contributed by atoms with Gasteiger partial charge in [-0.15, -0.1) is 0 Å². The predicted octanol–water partition coefficient (Wildman–Crippen LogP) is 4.75. The molecule has 0 saturated carbocycles. The van der Waals surface area contributed by atoms with Crippen molar-refractivity contribution in [3.63, 3.8) is 0 Å². The Morgan fingerprint density at radius 2 is 1.21 bits per heavy atom. The first-order chi connectivity index (χ1) is 11.8. The molecule has 0 atom stereocenters. The number of aliphatic hydroxyl groups excluding tert-OH is 2. The molecule has 0 aromatic carbocycles. The van der Waals surface area contributed by atoms with Gasteiger partial charge in [-0.3, -0.25) is 9.69 Å². The van der Waals surface area contributed by atoms with Crippen molar-refractivity contribution in [2.75, 3.05) is 13.5 Å². The Labute approximate surface area is 148 Å². The Kier molecular flexibility index (Phi) is 17.8. The number of nitrogens with zero attached hydrogens (tertiary/aromatic N) is 1. The molecule has 0 aliphatic rings. The van der Waals surface area contributed by atoms with Crippen molar-refractivity contribution in [3.8, 4) is 0 Å². The number of hydrogen-bond donors (Lipinski definition) is 2. The highest BCUT2D eigenvalue weighted by atomic mass is 16.3. The molecule has 0 spiro atoms. The lowest BCUT2D eigenvalue weighted by Crippen LogP contribution is -2.32. The lowest BCUT2D eigenvalue weighted by molar-refractivity contribution is -0.139. The number of allylic oxidation sites excluding steroid dienone is 2. The Hall–Kier alpha value is -0.870. The zero-order valence-corrected chi connectivity index (χ0v) is 15.7. The van der Waals surface area contributed by atoms with Crippen LogP contribution < -0.4 is 0 Å². The zero-order chi connectivity index (χ0) is 17.9. The van der Waals surface area contributed by atoms with Gasteiger partial charge >= 0.3 is 0 Å². The van der Waals surface area contributed by atoms with Gasteiger partial charge in [-0.05, 0) is 32.1 Å². The van der Waals surface area contributed by atoms with Gasteiger partial charge in [0.1, 0.15) is 13.5 Å². The van der Waals surface area contributed by atoms with Crippen LogP contribution in [0, 0.1) is 0 Å². The molecule has 0 radical (unpaired) electrons. The van der Waals surface area contributed by atoms with Gasteiger partial charge in [0, 0.05) is 6.42 Å². The second-order valence-electron chi connectivity index (χ2n) is 6.55. The molecule has 24 heavy (non-hydrogen) atoms. The molecule has 4 nitrogen and oxygen atoms in total. The SMILES string of the molecule is CCCCCCCCC=CCCCCCCCC(=O)N(CO)CO. The summed E-state index contributed by atoms with van der Waals surface area (Å²) < 4.78 is 0. The molecule has 142 valence electrons. The summed E-state index contributed by atoms with van der Waals surface area (Å²) in [6.45, 7) is 1.45. The number of aliphatic hydroxyl groups is 2. The molecular formula is C20H39NO3. The molecule has 0 unspecified atom stereocenters. The van der Waals surface area contributed by atoms with Crippen LogP contribution in [-0.2, 0) is 4.79 Å². The van der Waals surface area contributed by atoms with Crippen LogP contribution in [-0.4, -0.2) is 34.5 Å². The molecule has 1 amide bonds. The molecule has 0 aliphatic carbocycles. The van der Waals surface area contributed by atoms with E-state index in [4.69, 9.17) is 10.2 Å². The Morgan fingerprint density at radius 1 is 0.750 bits per heavy atom. The first-order valence-electron chi connectivity index (χ1n) is 9.90. The fraction of sp³-hybridized carbons (Fsp3) is 0.850. The van der Waals surface area contributed by atoms with E-state index in [2.05, 4.69) is 19.1 Å². The van der Waals surface area contributed by atoms with Crippen molar-refractivity contribution >= 4 is 5.91 Å². The fourth-order valence-electron chi connectivity index (χ4n) is 2.71. The molecule has 0 bridgehead atoms. The molecule has 0 aromatic heterocycles. The van der Waals surface area contributed by atoms with Crippen molar-refractivity contribution in [2.45, 2.75) is 96.8 Å². The molecule has 0 aromatic rings. The summed E-state index contributed by atoms with van der Waals surface area (Å²) in [5, 5.41) is 17.7. The number of rotatable bonds is 17. The Morgan fingerprint density at radius 3 is 1.71 bits per heavy atom. The third kappa shape index (κ3) is 14.7. The van der Waals surface area contributed by atoms with Crippen molar-refractivity contribution in [1.29, 1.82) is 0 Å². The van der Waals surface area contributed by atoms with Gasteiger partial charge in [0.2, 0.25) is 5.91 Å². The molecule has 0 rings (SSSR count). The lowest BCUT2D eigenvalue weighted by atomic mass is 10.1. The van der Waals surface area contributed by atoms with Crippen LogP contribution in [0.2, 0.25) is 0 Å². The summed E-state index contributed by atoms with van der Waals surface area (Å²) in [6.07, 6.45) is 21.1. The van der Waals surface area contributed by atoms with E-state index in [0.29, 0.717) is 6.42 Å². The van der Waals surface area contributed by atoms with Crippen molar-refractivity contribution in [1.82, 2.24) is 4.90 Å². The minimum atomic E-state index is -0.402. The van der Waals surface area contributed by atoms with Crippen LogP contribution in [0.4, 0.5) is 0 Å². The monoisotopic (exact) mass is 341 g/mol. The van der Waals surface area contributed by atoms with E-state index in [1.165, 1.54) is 57.8 Å². The first-order valence-corrected chi connectivity index (χ1v) is 9.90. The van der Waals surface area contributed by atoms with E-state index in [0.717, 1.165) is 30.6 Å². The fourth-order valence-corrected chi connectivity index (χ4v) is 2.71. The summed E-state index contributed by atoms with van der Waals surface area (Å²) in [7, 11) is 0. The van der Waals surface area contributed by atoms with Crippen LogP contribution in [0.5, 0.6) is 0 Å². The first kappa shape index (κ1) is 23.1. The molecular weight excluding hydrogens is 302 g/mol. The van der Waals surface area contributed by atoms with Gasteiger partial charge in [-0.25, -0.2) is 0 Å². The van der Waals surface area contributed by atoms with E-state index in [-0.39, 0.29) is 5.91 Å². The molecule has 4 heteroatoms. The molecule has 0 aliphatic heterocycles. The normalized spacial score (nSPS) is 11.3. The number of hydrogen-bond acceptors (Lipinski definition) is 3. The highest BCUT2D eigenvalue weighted by Gasteiger charge is 2.09. The maximum Gasteiger partial charge on any atom is 0.226 e. The van der Waals surface area contributed by atoms with E-state index in [9.17, 15) is 4.79 Å². The molecule has 0 fully saturated rings. The topological polar surface area (TPSA) is 60.8 Å². The van der Waals surface area contributed by atoms with Gasteiger partial charge < -0.3 is 10.2 Å². The van der Waals surface area contributed by atoms with Gasteiger partial charge in [0.25, 0.3) is 0 Å². The minimum Gasteiger partial charge on any atom is -0.376 e. The Balaban J connectivity index is 3.27. The smallest absolute Gasteiger partial charge is 0.226 e. The number of carbonyl (C=O) groups excluding carboxylic acids is 1. The highest BCUT2D eigenvalue weighted by molar-refractivity contribution is 5.75.